The van der Waals surface area contributed by atoms with Crippen LogP contribution in [0, 0.1) is 5.92 Å². The van der Waals surface area contributed by atoms with Crippen LogP contribution in [0.4, 0.5) is 0 Å². The van der Waals surface area contributed by atoms with Gasteiger partial charge in [0.15, 0.2) is 5.65 Å². The van der Waals surface area contributed by atoms with Crippen LogP contribution in [0.3, 0.4) is 0 Å². The molecule has 2 heterocycles. The summed E-state index contributed by atoms with van der Waals surface area (Å²) in [6.07, 6.45) is 0.527. The Balaban J connectivity index is 2.07. The van der Waals surface area contributed by atoms with Crippen LogP contribution >= 0.6 is 0 Å². The van der Waals surface area contributed by atoms with Crippen molar-refractivity contribution in [1.82, 2.24) is 24.8 Å². The predicted octanol–water partition coefficient (Wildman–Crippen LogP) is -0.502. The number of carbonyl (C=O) groups excluding carboxylic acids is 1. The minimum absolute atomic E-state index is 0.00749. The quantitative estimate of drug-likeness (QED) is 0.528. The SMILES string of the molecule is CC(C)CC(NC(=O)CCc1nc2c([nH]1)c(=O)[nH]c(=O)n2C)C(=O)O. The Morgan fingerprint density at radius 1 is 1.28 bits per heavy atom. The zero-order valence-corrected chi connectivity index (χ0v) is 14.3. The average Bonchev–Trinajstić information content (AvgIpc) is 2.94. The van der Waals surface area contributed by atoms with E-state index in [1.807, 2.05) is 13.8 Å². The number of aliphatic carboxylic acids is 1. The largest absolute Gasteiger partial charge is 0.480 e. The Morgan fingerprint density at radius 3 is 2.56 bits per heavy atom. The van der Waals surface area contributed by atoms with E-state index < -0.39 is 29.2 Å². The van der Waals surface area contributed by atoms with Crippen LogP contribution in [0.25, 0.3) is 11.2 Å². The van der Waals surface area contributed by atoms with Crippen molar-refractivity contribution in [3.63, 3.8) is 0 Å². The molecular weight excluding hydrogens is 330 g/mol. The van der Waals surface area contributed by atoms with Crippen LogP contribution in [0.1, 0.15) is 32.5 Å². The van der Waals surface area contributed by atoms with Crippen LogP contribution < -0.4 is 16.6 Å². The highest BCUT2D eigenvalue weighted by Crippen LogP contribution is 2.08. The summed E-state index contributed by atoms with van der Waals surface area (Å²) in [5.74, 6) is -0.999. The number of fused-ring (bicyclic) bond motifs is 1. The maximum Gasteiger partial charge on any atom is 0.329 e. The molecule has 25 heavy (non-hydrogen) atoms. The van der Waals surface area contributed by atoms with Crippen molar-refractivity contribution in [2.45, 2.75) is 39.2 Å². The number of H-pyrrole nitrogens is 2. The molecule has 1 amide bonds. The maximum atomic E-state index is 12.0. The number of imidazole rings is 1. The molecule has 0 aliphatic carbocycles. The van der Waals surface area contributed by atoms with E-state index >= 15 is 0 Å². The van der Waals surface area contributed by atoms with Gasteiger partial charge in [0.1, 0.15) is 17.4 Å². The predicted molar refractivity (Wildman–Crippen MR) is 89.3 cm³/mol. The lowest BCUT2D eigenvalue weighted by atomic mass is 10.0. The second-order valence-corrected chi connectivity index (χ2v) is 6.29. The van der Waals surface area contributed by atoms with E-state index in [0.29, 0.717) is 12.2 Å². The third-order valence-electron chi connectivity index (χ3n) is 3.73. The summed E-state index contributed by atoms with van der Waals surface area (Å²) in [6.45, 7) is 3.75. The third kappa shape index (κ3) is 4.34. The first-order chi connectivity index (χ1) is 11.7. The van der Waals surface area contributed by atoms with Gasteiger partial charge in [-0.2, -0.15) is 0 Å². The fourth-order valence-corrected chi connectivity index (χ4v) is 2.46. The number of hydrogen-bond donors (Lipinski definition) is 4. The highest BCUT2D eigenvalue weighted by Gasteiger charge is 2.21. The smallest absolute Gasteiger partial charge is 0.329 e. The van der Waals surface area contributed by atoms with E-state index in [0.717, 1.165) is 0 Å². The van der Waals surface area contributed by atoms with Crippen molar-refractivity contribution >= 4 is 23.0 Å². The summed E-state index contributed by atoms with van der Waals surface area (Å²) in [7, 11) is 1.47. The first kappa shape index (κ1) is 18.4. The number of carbonyl (C=O) groups is 2. The molecule has 4 N–H and O–H groups in total. The Bertz CT molecular complexity index is 907. The summed E-state index contributed by atoms with van der Waals surface area (Å²) in [6, 6.07) is -0.938. The van der Waals surface area contributed by atoms with Crippen LogP contribution in [0.5, 0.6) is 0 Å². The fraction of sp³-hybridized carbons (Fsp3) is 0.533. The monoisotopic (exact) mass is 351 g/mol. The van der Waals surface area contributed by atoms with E-state index in [1.54, 1.807) is 0 Å². The van der Waals surface area contributed by atoms with Crippen LogP contribution in [0.2, 0.25) is 0 Å². The number of aryl methyl sites for hydroxylation is 2. The highest BCUT2D eigenvalue weighted by atomic mass is 16.4. The molecule has 10 heteroatoms. The topological polar surface area (TPSA) is 150 Å². The second-order valence-electron chi connectivity index (χ2n) is 6.29. The third-order valence-corrected chi connectivity index (χ3v) is 3.73. The lowest BCUT2D eigenvalue weighted by Crippen LogP contribution is -2.41. The molecule has 0 fully saturated rings. The van der Waals surface area contributed by atoms with Crippen LogP contribution in [0.15, 0.2) is 9.59 Å². The summed E-state index contributed by atoms with van der Waals surface area (Å²) < 4.78 is 1.19. The van der Waals surface area contributed by atoms with Crippen molar-refractivity contribution in [2.75, 3.05) is 0 Å². The second kappa shape index (κ2) is 7.32. The zero-order chi connectivity index (χ0) is 18.7. The highest BCUT2D eigenvalue weighted by molar-refractivity contribution is 5.83. The molecule has 0 bridgehead atoms. The molecule has 0 aromatic carbocycles. The van der Waals surface area contributed by atoms with Crippen molar-refractivity contribution in [1.29, 1.82) is 0 Å². The normalized spacial score (nSPS) is 12.5. The summed E-state index contributed by atoms with van der Waals surface area (Å²) >= 11 is 0. The summed E-state index contributed by atoms with van der Waals surface area (Å²) in [5.41, 5.74) is -0.802. The molecule has 10 nitrogen and oxygen atoms in total. The van der Waals surface area contributed by atoms with E-state index in [1.165, 1.54) is 11.6 Å². The van der Waals surface area contributed by atoms with Gasteiger partial charge in [0.25, 0.3) is 5.56 Å². The van der Waals surface area contributed by atoms with Gasteiger partial charge in [0.05, 0.1) is 0 Å². The van der Waals surface area contributed by atoms with Gasteiger partial charge < -0.3 is 15.4 Å². The van der Waals surface area contributed by atoms with Crippen molar-refractivity contribution in [2.24, 2.45) is 13.0 Å². The molecule has 0 radical (unpaired) electrons. The zero-order valence-electron chi connectivity index (χ0n) is 14.3. The Hall–Kier alpha value is -2.91. The number of hydrogen-bond acceptors (Lipinski definition) is 5. The fourth-order valence-electron chi connectivity index (χ4n) is 2.46. The van der Waals surface area contributed by atoms with Crippen LogP contribution in [-0.2, 0) is 23.1 Å². The van der Waals surface area contributed by atoms with Gasteiger partial charge in [-0.15, -0.1) is 0 Å². The number of rotatable bonds is 7. The van der Waals surface area contributed by atoms with Gasteiger partial charge >= 0.3 is 11.7 Å². The van der Waals surface area contributed by atoms with Gasteiger partial charge in [0, 0.05) is 19.9 Å². The number of carboxylic acids is 1. The molecule has 2 aromatic rings. The summed E-state index contributed by atoms with van der Waals surface area (Å²) in [5, 5.41) is 11.6. The Morgan fingerprint density at radius 2 is 1.96 bits per heavy atom. The van der Waals surface area contributed by atoms with Crippen molar-refractivity contribution < 1.29 is 14.7 Å². The molecule has 1 unspecified atom stereocenters. The maximum absolute atomic E-state index is 12.0. The summed E-state index contributed by atoms with van der Waals surface area (Å²) in [4.78, 5) is 55.5. The Labute approximate surface area is 142 Å². The van der Waals surface area contributed by atoms with E-state index in [4.69, 9.17) is 5.11 Å². The average molecular weight is 351 g/mol. The molecule has 1 atom stereocenters. The molecule has 0 aliphatic rings. The Kier molecular flexibility index (Phi) is 5.40. The number of carboxylic acid groups (broad SMARTS) is 1. The molecular formula is C15H21N5O5. The van der Waals surface area contributed by atoms with Gasteiger partial charge in [-0.1, -0.05) is 13.8 Å². The molecule has 2 rings (SSSR count). The minimum Gasteiger partial charge on any atom is -0.480 e. The lowest BCUT2D eigenvalue weighted by Gasteiger charge is -2.16. The molecule has 0 spiro atoms. The molecule has 136 valence electrons. The molecule has 0 aliphatic heterocycles. The molecule has 0 saturated heterocycles. The number of nitrogens with one attached hydrogen (secondary N) is 3. The standard InChI is InChI=1S/C15H21N5O5/c1-7(2)6-8(14(23)24)16-10(21)5-4-9-17-11-12(18-9)20(3)15(25)19-13(11)22/h7-8H,4-6H2,1-3H3,(H,16,21)(H,17,18)(H,23,24)(H,19,22,25). The van der Waals surface area contributed by atoms with Crippen LogP contribution in [-0.4, -0.2) is 42.5 Å². The van der Waals surface area contributed by atoms with Crippen molar-refractivity contribution in [3.8, 4) is 0 Å². The minimum atomic E-state index is -1.08. The molecule has 0 saturated carbocycles. The van der Waals surface area contributed by atoms with E-state index in [-0.39, 0.29) is 29.9 Å². The van der Waals surface area contributed by atoms with Gasteiger partial charge in [-0.05, 0) is 12.3 Å². The lowest BCUT2D eigenvalue weighted by molar-refractivity contribution is -0.142. The van der Waals surface area contributed by atoms with E-state index in [9.17, 15) is 19.2 Å². The first-order valence-corrected chi connectivity index (χ1v) is 7.89. The number of aromatic amines is 2. The van der Waals surface area contributed by atoms with Gasteiger partial charge in [0.2, 0.25) is 5.91 Å². The van der Waals surface area contributed by atoms with Gasteiger partial charge in [-0.3, -0.25) is 19.1 Å². The first-order valence-electron chi connectivity index (χ1n) is 7.89. The molecule has 2 aromatic heterocycles. The number of aromatic nitrogens is 4. The van der Waals surface area contributed by atoms with Crippen molar-refractivity contribution in [3.05, 3.63) is 26.7 Å². The number of amides is 1. The van der Waals surface area contributed by atoms with E-state index in [2.05, 4.69) is 20.3 Å². The van der Waals surface area contributed by atoms with Gasteiger partial charge in [-0.25, -0.2) is 14.6 Å². The number of nitrogens with zero attached hydrogens (tertiary/aromatic N) is 2.